The van der Waals surface area contributed by atoms with Crippen LogP contribution < -0.4 is 14.8 Å². The van der Waals surface area contributed by atoms with E-state index in [9.17, 15) is 9.59 Å². The van der Waals surface area contributed by atoms with E-state index in [2.05, 4.69) is 5.32 Å². The molecular formula is C17H24N2O4. The molecule has 0 aliphatic carbocycles. The lowest BCUT2D eigenvalue weighted by atomic mass is 9.97. The number of likely N-dealkylation sites (tertiary alicyclic amines) is 1. The van der Waals surface area contributed by atoms with Gasteiger partial charge >= 0.3 is 0 Å². The van der Waals surface area contributed by atoms with Crippen LogP contribution in [0.25, 0.3) is 0 Å². The van der Waals surface area contributed by atoms with E-state index in [1.807, 2.05) is 25.1 Å². The second kappa shape index (κ2) is 8.41. The van der Waals surface area contributed by atoms with Crippen molar-refractivity contribution in [2.75, 3.05) is 33.4 Å². The van der Waals surface area contributed by atoms with Crippen molar-refractivity contribution in [3.05, 3.63) is 24.3 Å². The number of ether oxygens (including phenoxy) is 2. The van der Waals surface area contributed by atoms with Gasteiger partial charge in [0.1, 0.15) is 0 Å². The van der Waals surface area contributed by atoms with Crippen molar-refractivity contribution in [2.45, 2.75) is 19.8 Å². The first-order valence-corrected chi connectivity index (χ1v) is 7.99. The molecule has 1 saturated heterocycles. The molecule has 1 atom stereocenters. The average Bonchev–Trinajstić information content (AvgIpc) is 2.60. The topological polar surface area (TPSA) is 67.9 Å². The minimum Gasteiger partial charge on any atom is -0.490 e. The largest absolute Gasteiger partial charge is 0.490 e. The Balaban J connectivity index is 1.91. The maximum atomic E-state index is 12.3. The summed E-state index contributed by atoms with van der Waals surface area (Å²) in [6.07, 6.45) is 1.65. The first-order valence-electron chi connectivity index (χ1n) is 7.99. The van der Waals surface area contributed by atoms with Crippen LogP contribution >= 0.6 is 0 Å². The van der Waals surface area contributed by atoms with Gasteiger partial charge in [-0.3, -0.25) is 9.59 Å². The van der Waals surface area contributed by atoms with Gasteiger partial charge in [0.2, 0.25) is 5.91 Å². The van der Waals surface area contributed by atoms with Crippen LogP contribution in [0.3, 0.4) is 0 Å². The summed E-state index contributed by atoms with van der Waals surface area (Å²) < 4.78 is 11.1. The molecule has 2 amide bonds. The molecule has 6 heteroatoms. The summed E-state index contributed by atoms with van der Waals surface area (Å²) in [5, 5.41) is 2.65. The summed E-state index contributed by atoms with van der Waals surface area (Å²) in [5.74, 6) is 0.940. The molecule has 23 heavy (non-hydrogen) atoms. The summed E-state index contributed by atoms with van der Waals surface area (Å²) in [7, 11) is 1.62. The maximum absolute atomic E-state index is 12.3. The lowest BCUT2D eigenvalue weighted by Crippen LogP contribution is -2.46. The normalized spacial score (nSPS) is 17.5. The van der Waals surface area contributed by atoms with E-state index in [4.69, 9.17) is 9.47 Å². The fourth-order valence-corrected chi connectivity index (χ4v) is 2.70. The fraction of sp³-hybridized carbons (Fsp3) is 0.529. The Kier molecular flexibility index (Phi) is 6.26. The standard InChI is InChI=1S/C17H24N2O4/c1-3-22-14-8-4-5-9-15(14)23-12-16(20)19-10-6-7-13(11-19)17(21)18-2/h4-5,8-9,13H,3,6-7,10-12H2,1-2H3,(H,18,21). The first-order chi connectivity index (χ1) is 11.2. The minimum atomic E-state index is -0.131. The summed E-state index contributed by atoms with van der Waals surface area (Å²) in [4.78, 5) is 25.8. The molecule has 1 aliphatic heterocycles. The first kappa shape index (κ1) is 17.1. The SMILES string of the molecule is CCOc1ccccc1OCC(=O)N1CCCC(C(=O)NC)C1. The average molecular weight is 320 g/mol. The molecule has 2 rings (SSSR count). The highest BCUT2D eigenvalue weighted by molar-refractivity contribution is 5.81. The quantitative estimate of drug-likeness (QED) is 0.861. The van der Waals surface area contributed by atoms with E-state index in [-0.39, 0.29) is 24.3 Å². The molecular weight excluding hydrogens is 296 g/mol. The summed E-state index contributed by atoms with van der Waals surface area (Å²) in [6.45, 7) is 3.51. The Labute approximate surface area is 136 Å². The van der Waals surface area contributed by atoms with Gasteiger partial charge in [-0.25, -0.2) is 0 Å². The Bertz CT molecular complexity index is 547. The van der Waals surface area contributed by atoms with Gasteiger partial charge in [-0.1, -0.05) is 12.1 Å². The number of carbonyl (C=O) groups excluding carboxylic acids is 2. The summed E-state index contributed by atoms with van der Waals surface area (Å²) >= 11 is 0. The van der Waals surface area contributed by atoms with E-state index in [0.717, 1.165) is 12.8 Å². The number of para-hydroxylation sites is 2. The molecule has 0 spiro atoms. The molecule has 126 valence electrons. The van der Waals surface area contributed by atoms with E-state index >= 15 is 0 Å². The predicted molar refractivity (Wildman–Crippen MR) is 86.5 cm³/mol. The van der Waals surface area contributed by atoms with Crippen molar-refractivity contribution in [3.63, 3.8) is 0 Å². The lowest BCUT2D eigenvalue weighted by molar-refractivity contribution is -0.137. The zero-order chi connectivity index (χ0) is 16.7. The molecule has 1 aromatic carbocycles. The van der Waals surface area contributed by atoms with Gasteiger partial charge in [0.05, 0.1) is 12.5 Å². The van der Waals surface area contributed by atoms with E-state index in [0.29, 0.717) is 31.2 Å². The molecule has 0 aromatic heterocycles. The molecule has 1 aromatic rings. The maximum Gasteiger partial charge on any atom is 0.260 e. The molecule has 1 unspecified atom stereocenters. The van der Waals surface area contributed by atoms with Crippen molar-refractivity contribution in [2.24, 2.45) is 5.92 Å². The van der Waals surface area contributed by atoms with E-state index < -0.39 is 0 Å². The van der Waals surface area contributed by atoms with Gasteiger partial charge in [0.15, 0.2) is 18.1 Å². The van der Waals surface area contributed by atoms with Crippen LogP contribution in [0, 0.1) is 5.92 Å². The fourth-order valence-electron chi connectivity index (χ4n) is 2.70. The number of rotatable bonds is 6. The molecule has 1 aliphatic rings. The highest BCUT2D eigenvalue weighted by atomic mass is 16.5. The van der Waals surface area contributed by atoms with Gasteiger partial charge in [-0.15, -0.1) is 0 Å². The van der Waals surface area contributed by atoms with E-state index in [1.54, 1.807) is 18.0 Å². The lowest BCUT2D eigenvalue weighted by Gasteiger charge is -2.31. The number of benzene rings is 1. The second-order valence-corrected chi connectivity index (χ2v) is 5.46. The summed E-state index contributed by atoms with van der Waals surface area (Å²) in [5.41, 5.74) is 0. The van der Waals surface area contributed by atoms with Crippen LogP contribution in [0.1, 0.15) is 19.8 Å². The molecule has 1 heterocycles. The summed E-state index contributed by atoms with van der Waals surface area (Å²) in [6, 6.07) is 7.29. The Morgan fingerprint density at radius 2 is 1.96 bits per heavy atom. The number of amides is 2. The predicted octanol–water partition coefficient (Wildman–Crippen LogP) is 1.45. The molecule has 1 N–H and O–H groups in total. The van der Waals surface area contributed by atoms with Gasteiger partial charge in [-0.05, 0) is 31.9 Å². The van der Waals surface area contributed by atoms with E-state index in [1.165, 1.54) is 0 Å². The van der Waals surface area contributed by atoms with Gasteiger partial charge in [0.25, 0.3) is 5.91 Å². The number of hydrogen-bond donors (Lipinski definition) is 1. The third-order valence-corrected chi connectivity index (χ3v) is 3.89. The number of piperidine rings is 1. The van der Waals surface area contributed by atoms with Crippen molar-refractivity contribution in [1.29, 1.82) is 0 Å². The number of carbonyl (C=O) groups is 2. The van der Waals surface area contributed by atoms with Crippen LogP contribution in [-0.4, -0.2) is 50.1 Å². The Hall–Kier alpha value is -2.24. The Morgan fingerprint density at radius 1 is 1.26 bits per heavy atom. The third kappa shape index (κ3) is 4.61. The third-order valence-electron chi connectivity index (χ3n) is 3.89. The van der Waals surface area contributed by atoms with Crippen molar-refractivity contribution in [1.82, 2.24) is 10.2 Å². The highest BCUT2D eigenvalue weighted by Gasteiger charge is 2.28. The van der Waals surface area contributed by atoms with Crippen LogP contribution in [0.15, 0.2) is 24.3 Å². The van der Waals surface area contributed by atoms with Gasteiger partial charge in [-0.2, -0.15) is 0 Å². The minimum absolute atomic E-state index is 0.00916. The zero-order valence-corrected chi connectivity index (χ0v) is 13.7. The molecule has 0 radical (unpaired) electrons. The Morgan fingerprint density at radius 3 is 2.61 bits per heavy atom. The monoisotopic (exact) mass is 320 g/mol. The van der Waals surface area contributed by atoms with Crippen molar-refractivity contribution in [3.8, 4) is 11.5 Å². The smallest absolute Gasteiger partial charge is 0.260 e. The zero-order valence-electron chi connectivity index (χ0n) is 13.7. The van der Waals surface area contributed by atoms with Crippen molar-refractivity contribution < 1.29 is 19.1 Å². The van der Waals surface area contributed by atoms with Gasteiger partial charge in [0, 0.05) is 20.1 Å². The van der Waals surface area contributed by atoms with Gasteiger partial charge < -0.3 is 19.7 Å². The van der Waals surface area contributed by atoms with Crippen molar-refractivity contribution >= 4 is 11.8 Å². The van der Waals surface area contributed by atoms with Crippen LogP contribution in [0.5, 0.6) is 11.5 Å². The number of nitrogens with one attached hydrogen (secondary N) is 1. The van der Waals surface area contributed by atoms with Crippen LogP contribution in [0.4, 0.5) is 0 Å². The molecule has 6 nitrogen and oxygen atoms in total. The van der Waals surface area contributed by atoms with Crippen LogP contribution in [-0.2, 0) is 9.59 Å². The molecule has 0 saturated carbocycles. The number of nitrogens with zero attached hydrogens (tertiary/aromatic N) is 1. The molecule has 1 fully saturated rings. The number of hydrogen-bond acceptors (Lipinski definition) is 4. The molecule has 0 bridgehead atoms. The second-order valence-electron chi connectivity index (χ2n) is 5.46. The highest BCUT2D eigenvalue weighted by Crippen LogP contribution is 2.26. The van der Waals surface area contributed by atoms with Crippen LogP contribution in [0.2, 0.25) is 0 Å².